The Morgan fingerprint density at radius 2 is 2.05 bits per heavy atom. The second-order valence-corrected chi connectivity index (χ2v) is 3.59. The van der Waals surface area contributed by atoms with Crippen molar-refractivity contribution in [3.63, 3.8) is 0 Å². The van der Waals surface area contributed by atoms with Crippen LogP contribution in [0.5, 0.6) is 5.88 Å². The molecule has 0 spiro atoms. The number of hydrogen-bond donors (Lipinski definition) is 0. The van der Waals surface area contributed by atoms with E-state index in [9.17, 15) is 14.7 Å². The van der Waals surface area contributed by atoms with Gasteiger partial charge in [-0.2, -0.15) is 0 Å². The normalized spacial score (nSPS) is 10.9. The molecule has 0 unspecified atom stereocenters. The molecular weight excluding hydrogens is 257 g/mol. The number of ketones is 1. The first-order chi connectivity index (χ1) is 9.01. The molecule has 0 saturated carbocycles. The molecule has 0 amide bonds. The molecule has 0 atom stereocenters. The number of carbonyl (C=O) groups is 2. The molecule has 0 N–H and O–H groups in total. The van der Waals surface area contributed by atoms with Crippen molar-refractivity contribution in [1.29, 1.82) is 0 Å². The fourth-order valence-corrected chi connectivity index (χ4v) is 1.33. The van der Waals surface area contributed by atoms with Gasteiger partial charge in [-0.05, 0) is 31.1 Å². The summed E-state index contributed by atoms with van der Waals surface area (Å²) in [4.78, 5) is 26.7. The second-order valence-electron chi connectivity index (χ2n) is 3.59. The second kappa shape index (κ2) is 8.41. The molecule has 0 saturated heterocycles. The zero-order chi connectivity index (χ0) is 14.4. The van der Waals surface area contributed by atoms with E-state index in [0.29, 0.717) is 0 Å². The van der Waals surface area contributed by atoms with Gasteiger partial charge in [0.05, 0.1) is 13.7 Å². The van der Waals surface area contributed by atoms with Crippen molar-refractivity contribution in [3.05, 3.63) is 29.5 Å². The fourth-order valence-electron chi connectivity index (χ4n) is 1.33. The summed E-state index contributed by atoms with van der Waals surface area (Å²) in [7, 11) is 1.41. The van der Waals surface area contributed by atoms with Gasteiger partial charge >= 0.3 is 24.8 Å². The maximum Gasteiger partial charge on any atom is 1.00 e. The van der Waals surface area contributed by atoms with Gasteiger partial charge in [0.2, 0.25) is 5.88 Å². The first-order valence-corrected chi connectivity index (χ1v) is 5.61. The number of Topliss-reactive ketones (excluding diaryl/α,β-unsaturated/α-hetero) is 1. The van der Waals surface area contributed by atoms with Gasteiger partial charge < -0.3 is 14.6 Å². The molecule has 0 fully saturated rings. The Kier molecular flexibility index (Phi) is 7.66. The molecule has 102 valence electrons. The van der Waals surface area contributed by atoms with E-state index in [-0.39, 0.29) is 42.5 Å². The van der Waals surface area contributed by atoms with Crippen LogP contribution in [0, 0.1) is 0 Å². The Balaban J connectivity index is 0.00000361. The van der Waals surface area contributed by atoms with Gasteiger partial charge in [-0.3, -0.25) is 4.79 Å². The van der Waals surface area contributed by atoms with Gasteiger partial charge in [0.25, 0.3) is 5.78 Å². The van der Waals surface area contributed by atoms with Crippen molar-refractivity contribution in [3.8, 4) is 5.88 Å². The molecule has 0 aliphatic rings. The van der Waals surface area contributed by atoms with Crippen LogP contribution in [0.1, 0.15) is 19.4 Å². The van der Waals surface area contributed by atoms with E-state index in [1.165, 1.54) is 32.4 Å². The van der Waals surface area contributed by atoms with Crippen molar-refractivity contribution in [2.75, 3.05) is 13.7 Å². The predicted molar refractivity (Wildman–Crippen MR) is 65.0 cm³/mol. The summed E-state index contributed by atoms with van der Waals surface area (Å²) in [6, 6.07) is 2.83. The van der Waals surface area contributed by atoms with Crippen LogP contribution in [0.25, 0.3) is 5.76 Å². The van der Waals surface area contributed by atoms with Crippen LogP contribution >= 0.6 is 0 Å². The van der Waals surface area contributed by atoms with Gasteiger partial charge in [0.1, 0.15) is 0 Å². The van der Waals surface area contributed by atoms with Crippen LogP contribution in [0.3, 0.4) is 0 Å². The quantitative estimate of drug-likeness (QED) is 0.191. The molecular formula is C13H14LiNO5. The predicted octanol–water partition coefficient (Wildman–Crippen LogP) is -2.68. The number of carbonyl (C=O) groups excluding carboxylic acids is 2. The molecule has 6 nitrogen and oxygen atoms in total. The van der Waals surface area contributed by atoms with Crippen molar-refractivity contribution in [2.24, 2.45) is 0 Å². The molecule has 1 aromatic heterocycles. The molecule has 0 bridgehead atoms. The smallest absolute Gasteiger partial charge is 0.872 e. The van der Waals surface area contributed by atoms with Crippen LogP contribution in [-0.4, -0.2) is 30.5 Å². The van der Waals surface area contributed by atoms with Crippen LogP contribution in [0.15, 0.2) is 23.9 Å². The van der Waals surface area contributed by atoms with Crippen molar-refractivity contribution in [2.45, 2.75) is 13.8 Å². The summed E-state index contributed by atoms with van der Waals surface area (Å²) in [5.41, 5.74) is 0.0219. The first-order valence-electron chi connectivity index (χ1n) is 5.61. The molecule has 0 aromatic carbocycles. The Morgan fingerprint density at radius 3 is 2.60 bits per heavy atom. The molecule has 20 heavy (non-hydrogen) atoms. The standard InChI is InChI=1S/C13H15NO5.Li/c1-4-19-13(17)12(16)8(2)11(15)9-5-6-14-10(7-9)18-3;/h5-7,15H,4H2,1-3H3;/q;+1/p-1/b11-8+;. The van der Waals surface area contributed by atoms with E-state index < -0.39 is 17.5 Å². The number of ether oxygens (including phenoxy) is 2. The SMILES string of the molecule is CCOC(=O)C(=O)/C(C)=C(/[O-])c1ccnc(OC)c1.[Li+]. The topological polar surface area (TPSA) is 88.6 Å². The largest absolute Gasteiger partial charge is 1.00 e. The van der Waals surface area contributed by atoms with E-state index in [1.807, 2.05) is 0 Å². The Morgan fingerprint density at radius 1 is 1.40 bits per heavy atom. The number of methoxy groups -OCH3 is 1. The number of esters is 1. The van der Waals surface area contributed by atoms with Gasteiger partial charge in [0, 0.05) is 12.3 Å². The molecule has 1 aromatic rings. The summed E-state index contributed by atoms with van der Waals surface area (Å²) < 4.78 is 9.44. The van der Waals surface area contributed by atoms with E-state index in [2.05, 4.69) is 9.72 Å². The summed E-state index contributed by atoms with van der Waals surface area (Å²) in [5, 5.41) is 12.0. The number of aromatic nitrogens is 1. The van der Waals surface area contributed by atoms with Crippen molar-refractivity contribution < 1.29 is 43.0 Å². The molecule has 0 radical (unpaired) electrons. The third kappa shape index (κ3) is 4.40. The average Bonchev–Trinajstić information content (AvgIpc) is 2.45. The van der Waals surface area contributed by atoms with Crippen LogP contribution in [0.4, 0.5) is 0 Å². The summed E-state index contributed by atoms with van der Waals surface area (Å²) in [5.74, 6) is -2.28. The number of hydrogen-bond acceptors (Lipinski definition) is 6. The maximum atomic E-state index is 12.0. The Bertz CT molecular complexity index is 527. The number of nitrogens with zero attached hydrogens (tertiary/aromatic N) is 1. The molecule has 7 heteroatoms. The molecule has 1 rings (SSSR count). The van der Waals surface area contributed by atoms with Crippen LogP contribution in [-0.2, 0) is 14.3 Å². The van der Waals surface area contributed by atoms with E-state index in [1.54, 1.807) is 6.92 Å². The molecule has 1 heterocycles. The minimum absolute atomic E-state index is 0. The minimum Gasteiger partial charge on any atom is -0.872 e. The Hall–Kier alpha value is -1.77. The van der Waals surface area contributed by atoms with Gasteiger partial charge in [0.15, 0.2) is 0 Å². The summed E-state index contributed by atoms with van der Waals surface area (Å²) in [6.07, 6.45) is 1.38. The number of rotatable bonds is 5. The first kappa shape index (κ1) is 18.2. The van der Waals surface area contributed by atoms with Crippen LogP contribution < -0.4 is 28.7 Å². The summed E-state index contributed by atoms with van der Waals surface area (Å²) in [6.45, 7) is 2.94. The maximum absolute atomic E-state index is 12.0. The van der Waals surface area contributed by atoms with Crippen LogP contribution in [0.2, 0.25) is 0 Å². The number of pyridine rings is 1. The fraction of sp³-hybridized carbons (Fsp3) is 0.308. The van der Waals surface area contributed by atoms with Gasteiger partial charge in [-0.1, -0.05) is 5.76 Å². The summed E-state index contributed by atoms with van der Waals surface area (Å²) >= 11 is 0. The average molecular weight is 271 g/mol. The third-order valence-corrected chi connectivity index (χ3v) is 2.35. The zero-order valence-corrected chi connectivity index (χ0v) is 11.9. The van der Waals surface area contributed by atoms with Gasteiger partial charge in [-0.15, -0.1) is 0 Å². The van der Waals surface area contributed by atoms with Crippen molar-refractivity contribution in [1.82, 2.24) is 4.98 Å². The van der Waals surface area contributed by atoms with E-state index in [4.69, 9.17) is 4.74 Å². The zero-order valence-electron chi connectivity index (χ0n) is 11.9. The van der Waals surface area contributed by atoms with E-state index >= 15 is 0 Å². The van der Waals surface area contributed by atoms with Crippen molar-refractivity contribution >= 4 is 17.5 Å². The van der Waals surface area contributed by atoms with E-state index in [0.717, 1.165) is 0 Å². The third-order valence-electron chi connectivity index (χ3n) is 2.35. The Labute approximate surface area is 129 Å². The minimum atomic E-state index is -1.03. The van der Waals surface area contributed by atoms with Gasteiger partial charge in [-0.25, -0.2) is 9.78 Å². The molecule has 0 aliphatic heterocycles. The molecule has 0 aliphatic carbocycles. The monoisotopic (exact) mass is 271 g/mol.